The molecule has 15 heavy (non-hydrogen) atoms. The van der Waals surface area contributed by atoms with Crippen molar-refractivity contribution >= 4 is 11.8 Å². The normalized spacial score (nSPS) is 27.7. The summed E-state index contributed by atoms with van der Waals surface area (Å²) in [6.07, 6.45) is 0.634. The smallest absolute Gasteiger partial charge is 0.252 e. The summed E-state index contributed by atoms with van der Waals surface area (Å²) in [7, 11) is 0. The maximum atomic E-state index is 11.8. The molecule has 0 saturated carbocycles. The van der Waals surface area contributed by atoms with Crippen molar-refractivity contribution in [1.29, 1.82) is 0 Å². The Balaban J connectivity index is 2.23. The highest BCUT2D eigenvalue weighted by atomic mass is 16.2. The number of carbonyl (C=O) groups is 2. The second-order valence-electron chi connectivity index (χ2n) is 3.91. The Morgan fingerprint density at radius 2 is 2.00 bits per heavy atom. The van der Waals surface area contributed by atoms with Crippen LogP contribution in [-0.4, -0.2) is 18.4 Å². The van der Waals surface area contributed by atoms with Gasteiger partial charge in [0.05, 0.1) is 0 Å². The third-order valence-corrected chi connectivity index (χ3v) is 3.13. The van der Waals surface area contributed by atoms with E-state index in [0.717, 1.165) is 5.56 Å². The highest BCUT2D eigenvalue weighted by Gasteiger charge is 2.51. The Bertz CT molecular complexity index is 469. The summed E-state index contributed by atoms with van der Waals surface area (Å²) in [5.41, 5.74) is 0.632. The Morgan fingerprint density at radius 3 is 2.73 bits per heavy atom. The summed E-state index contributed by atoms with van der Waals surface area (Å²) in [5.74, 6) is -0.247. The molecule has 0 bridgehead atoms. The Hall–Kier alpha value is -1.84. The number of amides is 2. The number of fused-ring (bicyclic) bond motifs is 2. The number of benzene rings is 1. The minimum absolute atomic E-state index is 0.0965. The van der Waals surface area contributed by atoms with Crippen LogP contribution in [0, 0.1) is 0 Å². The summed E-state index contributed by atoms with van der Waals surface area (Å²) in [6, 6.07) is 7.26. The van der Waals surface area contributed by atoms with E-state index in [4.69, 9.17) is 0 Å². The molecule has 1 aromatic rings. The van der Waals surface area contributed by atoms with Crippen LogP contribution in [0.25, 0.3) is 0 Å². The Labute approximate surface area is 86.7 Å². The zero-order valence-corrected chi connectivity index (χ0v) is 8.04. The molecule has 3 rings (SSSR count). The van der Waals surface area contributed by atoms with E-state index in [-0.39, 0.29) is 11.8 Å². The molecule has 0 radical (unpaired) electrons. The molecule has 76 valence electrons. The highest BCUT2D eigenvalue weighted by Crippen LogP contribution is 2.36. The molecule has 1 fully saturated rings. The first-order chi connectivity index (χ1) is 7.24. The standard InChI is InChI=1S/C11H10N2O2/c14-9-7-3-1-2-4-8(7)11(13-9)5-6-12-10(11)15/h1-4H,5-6H2,(H,12,15)(H,13,14). The fourth-order valence-electron chi connectivity index (χ4n) is 2.39. The predicted octanol–water partition coefficient (Wildman–Crippen LogP) is 0.145. The zero-order chi connectivity index (χ0) is 10.5. The van der Waals surface area contributed by atoms with Gasteiger partial charge in [0.25, 0.3) is 11.8 Å². The fraction of sp³-hybridized carbons (Fsp3) is 0.273. The molecule has 1 atom stereocenters. The van der Waals surface area contributed by atoms with Gasteiger partial charge in [0.1, 0.15) is 5.54 Å². The monoisotopic (exact) mass is 202 g/mol. The Morgan fingerprint density at radius 1 is 1.20 bits per heavy atom. The lowest BCUT2D eigenvalue weighted by Gasteiger charge is -2.20. The van der Waals surface area contributed by atoms with Crippen molar-refractivity contribution in [1.82, 2.24) is 10.6 Å². The van der Waals surface area contributed by atoms with Crippen molar-refractivity contribution in [3.8, 4) is 0 Å². The lowest BCUT2D eigenvalue weighted by atomic mass is 9.89. The topological polar surface area (TPSA) is 58.2 Å². The van der Waals surface area contributed by atoms with E-state index in [9.17, 15) is 9.59 Å². The molecule has 1 unspecified atom stereocenters. The van der Waals surface area contributed by atoms with Crippen LogP contribution in [0.3, 0.4) is 0 Å². The van der Waals surface area contributed by atoms with Crippen molar-refractivity contribution < 1.29 is 9.59 Å². The van der Waals surface area contributed by atoms with E-state index >= 15 is 0 Å². The van der Waals surface area contributed by atoms with E-state index in [2.05, 4.69) is 10.6 Å². The molecule has 2 heterocycles. The average Bonchev–Trinajstić information content (AvgIpc) is 2.74. The molecule has 4 heteroatoms. The minimum Gasteiger partial charge on any atom is -0.354 e. The van der Waals surface area contributed by atoms with E-state index in [1.165, 1.54) is 0 Å². The van der Waals surface area contributed by atoms with Crippen LogP contribution in [0.5, 0.6) is 0 Å². The largest absolute Gasteiger partial charge is 0.354 e. The van der Waals surface area contributed by atoms with Gasteiger partial charge in [0.2, 0.25) is 0 Å². The van der Waals surface area contributed by atoms with Crippen LogP contribution < -0.4 is 10.6 Å². The van der Waals surface area contributed by atoms with Gasteiger partial charge < -0.3 is 10.6 Å². The summed E-state index contributed by atoms with van der Waals surface area (Å²) >= 11 is 0. The van der Waals surface area contributed by atoms with Gasteiger partial charge in [-0.05, 0) is 11.6 Å². The molecule has 2 aliphatic rings. The van der Waals surface area contributed by atoms with Crippen LogP contribution in [0.2, 0.25) is 0 Å². The first kappa shape index (κ1) is 8.47. The Kier molecular flexibility index (Phi) is 1.46. The molecule has 2 amide bonds. The van der Waals surface area contributed by atoms with Crippen LogP contribution in [0.1, 0.15) is 22.3 Å². The summed E-state index contributed by atoms with van der Waals surface area (Å²) in [5, 5.41) is 5.55. The quantitative estimate of drug-likeness (QED) is 0.629. The molecule has 1 saturated heterocycles. The maximum Gasteiger partial charge on any atom is 0.252 e. The fourth-order valence-corrected chi connectivity index (χ4v) is 2.39. The van der Waals surface area contributed by atoms with Gasteiger partial charge in [0, 0.05) is 18.5 Å². The van der Waals surface area contributed by atoms with Crippen molar-refractivity contribution in [3.05, 3.63) is 35.4 Å². The van der Waals surface area contributed by atoms with E-state index in [1.54, 1.807) is 6.07 Å². The zero-order valence-electron chi connectivity index (χ0n) is 8.04. The molecule has 1 aromatic carbocycles. The number of hydrogen-bond acceptors (Lipinski definition) is 2. The van der Waals surface area contributed by atoms with Crippen molar-refractivity contribution in [3.63, 3.8) is 0 Å². The second-order valence-corrected chi connectivity index (χ2v) is 3.91. The summed E-state index contributed by atoms with van der Waals surface area (Å²) < 4.78 is 0. The van der Waals surface area contributed by atoms with Crippen LogP contribution >= 0.6 is 0 Å². The van der Waals surface area contributed by atoms with Crippen molar-refractivity contribution in [2.75, 3.05) is 6.54 Å². The molecular weight excluding hydrogens is 192 g/mol. The molecular formula is C11H10N2O2. The number of rotatable bonds is 0. The first-order valence-corrected chi connectivity index (χ1v) is 4.94. The van der Waals surface area contributed by atoms with Gasteiger partial charge in [-0.2, -0.15) is 0 Å². The van der Waals surface area contributed by atoms with Crippen LogP contribution in [-0.2, 0) is 10.3 Å². The van der Waals surface area contributed by atoms with Gasteiger partial charge >= 0.3 is 0 Å². The SMILES string of the molecule is O=C1NC2(CCNC2=O)c2ccccc21. The predicted molar refractivity (Wildman–Crippen MR) is 53.2 cm³/mol. The van der Waals surface area contributed by atoms with E-state index < -0.39 is 5.54 Å². The van der Waals surface area contributed by atoms with Gasteiger partial charge in [0.15, 0.2) is 0 Å². The lowest BCUT2D eigenvalue weighted by Crippen LogP contribution is -2.45. The first-order valence-electron chi connectivity index (χ1n) is 4.94. The van der Waals surface area contributed by atoms with Gasteiger partial charge in [-0.1, -0.05) is 18.2 Å². The number of carbonyl (C=O) groups excluding carboxylic acids is 2. The van der Waals surface area contributed by atoms with Gasteiger partial charge in [-0.25, -0.2) is 0 Å². The van der Waals surface area contributed by atoms with E-state index in [0.29, 0.717) is 18.5 Å². The second kappa shape index (κ2) is 2.59. The third kappa shape index (κ3) is 0.909. The maximum absolute atomic E-state index is 11.8. The molecule has 0 aromatic heterocycles. The summed E-state index contributed by atoms with van der Waals surface area (Å²) in [6.45, 7) is 0.618. The van der Waals surface area contributed by atoms with Crippen LogP contribution in [0.4, 0.5) is 0 Å². The summed E-state index contributed by atoms with van der Waals surface area (Å²) in [4.78, 5) is 23.5. The lowest BCUT2D eigenvalue weighted by molar-refractivity contribution is -0.124. The highest BCUT2D eigenvalue weighted by molar-refractivity contribution is 6.07. The molecule has 0 aliphatic carbocycles. The van der Waals surface area contributed by atoms with E-state index in [1.807, 2.05) is 18.2 Å². The van der Waals surface area contributed by atoms with Crippen LogP contribution in [0.15, 0.2) is 24.3 Å². The number of hydrogen-bond donors (Lipinski definition) is 2. The molecule has 2 N–H and O–H groups in total. The molecule has 4 nitrogen and oxygen atoms in total. The average molecular weight is 202 g/mol. The molecule has 1 spiro atoms. The minimum atomic E-state index is -0.798. The van der Waals surface area contributed by atoms with Gasteiger partial charge in [-0.3, -0.25) is 9.59 Å². The van der Waals surface area contributed by atoms with Crippen molar-refractivity contribution in [2.24, 2.45) is 0 Å². The van der Waals surface area contributed by atoms with Gasteiger partial charge in [-0.15, -0.1) is 0 Å². The number of nitrogens with one attached hydrogen (secondary N) is 2. The molecule has 2 aliphatic heterocycles. The third-order valence-electron chi connectivity index (χ3n) is 3.13. The van der Waals surface area contributed by atoms with Crippen molar-refractivity contribution in [2.45, 2.75) is 12.0 Å².